The molecule has 1 unspecified atom stereocenters. The maximum atomic E-state index is 4.52. The molecule has 2 aliphatic rings. The molecular formula is C32H42. The summed E-state index contributed by atoms with van der Waals surface area (Å²) in [6, 6.07) is 16.3. The van der Waals surface area contributed by atoms with E-state index in [4.69, 9.17) is 0 Å². The first kappa shape index (κ1) is 23.1. The third-order valence-electron chi connectivity index (χ3n) is 8.40. The van der Waals surface area contributed by atoms with E-state index in [0.29, 0.717) is 0 Å². The van der Waals surface area contributed by atoms with Gasteiger partial charge in [0, 0.05) is 5.41 Å². The SMILES string of the molecule is C=Cc1cc(CC2CCC3(CC2)C(=C)Cc2ccccc23)ccc1CC(C)CCCCC. The average Bonchev–Trinajstić information content (AvgIpc) is 3.07. The molecule has 0 amide bonds. The molecule has 0 N–H and O–H groups in total. The van der Waals surface area contributed by atoms with E-state index in [1.54, 1.807) is 5.56 Å². The topological polar surface area (TPSA) is 0 Å². The number of unbranched alkanes of at least 4 members (excludes halogenated alkanes) is 2. The Bertz CT molecular complexity index is 938. The molecule has 2 aromatic carbocycles. The van der Waals surface area contributed by atoms with E-state index >= 15 is 0 Å². The fraction of sp³-hybridized carbons (Fsp3) is 0.500. The Kier molecular flexibility index (Phi) is 7.39. The van der Waals surface area contributed by atoms with Crippen molar-refractivity contribution in [2.45, 2.75) is 89.9 Å². The van der Waals surface area contributed by atoms with Gasteiger partial charge in [-0.1, -0.05) is 107 Å². The van der Waals surface area contributed by atoms with Gasteiger partial charge in [-0.25, -0.2) is 0 Å². The zero-order chi connectivity index (χ0) is 22.6. The highest BCUT2D eigenvalue weighted by Gasteiger charge is 2.43. The van der Waals surface area contributed by atoms with Crippen molar-refractivity contribution in [3.63, 3.8) is 0 Å². The molecule has 0 aliphatic heterocycles. The van der Waals surface area contributed by atoms with Crippen LogP contribution >= 0.6 is 0 Å². The predicted octanol–water partition coefficient (Wildman–Crippen LogP) is 8.87. The highest BCUT2D eigenvalue weighted by atomic mass is 14.5. The zero-order valence-corrected chi connectivity index (χ0v) is 20.5. The van der Waals surface area contributed by atoms with Gasteiger partial charge in [0.25, 0.3) is 0 Å². The summed E-state index contributed by atoms with van der Waals surface area (Å²) in [5.41, 5.74) is 9.15. The summed E-state index contributed by atoms with van der Waals surface area (Å²) >= 11 is 0. The third-order valence-corrected chi connectivity index (χ3v) is 8.40. The second-order valence-corrected chi connectivity index (χ2v) is 10.7. The lowest BCUT2D eigenvalue weighted by Gasteiger charge is -2.39. The van der Waals surface area contributed by atoms with Crippen molar-refractivity contribution >= 4 is 6.08 Å². The van der Waals surface area contributed by atoms with E-state index in [2.05, 4.69) is 75.5 Å². The molecule has 1 fully saturated rings. The van der Waals surface area contributed by atoms with Crippen LogP contribution in [0.3, 0.4) is 0 Å². The molecular weight excluding hydrogens is 384 g/mol. The van der Waals surface area contributed by atoms with E-state index in [9.17, 15) is 0 Å². The van der Waals surface area contributed by atoms with Gasteiger partial charge in [0.05, 0.1) is 0 Å². The lowest BCUT2D eigenvalue weighted by Crippen LogP contribution is -2.31. The normalized spacial score (nSPS) is 23.3. The van der Waals surface area contributed by atoms with Gasteiger partial charge in [0.15, 0.2) is 0 Å². The maximum absolute atomic E-state index is 4.52. The van der Waals surface area contributed by atoms with Crippen molar-refractivity contribution in [1.29, 1.82) is 0 Å². The Labute approximate surface area is 196 Å². The molecule has 32 heavy (non-hydrogen) atoms. The lowest BCUT2D eigenvalue weighted by molar-refractivity contribution is 0.265. The molecule has 0 aromatic heterocycles. The van der Waals surface area contributed by atoms with Crippen molar-refractivity contribution in [2.24, 2.45) is 11.8 Å². The van der Waals surface area contributed by atoms with Crippen LogP contribution in [0.4, 0.5) is 0 Å². The summed E-state index contributed by atoms with van der Waals surface area (Å²) in [6.45, 7) is 13.3. The number of hydrogen-bond donors (Lipinski definition) is 0. The van der Waals surface area contributed by atoms with Gasteiger partial charge in [-0.05, 0) is 84.6 Å². The number of hydrogen-bond acceptors (Lipinski definition) is 0. The summed E-state index contributed by atoms with van der Waals surface area (Å²) in [6.07, 6.45) is 16.1. The van der Waals surface area contributed by atoms with Gasteiger partial charge >= 0.3 is 0 Å². The Hall–Kier alpha value is -2.08. The molecule has 0 heteroatoms. The van der Waals surface area contributed by atoms with Crippen molar-refractivity contribution < 1.29 is 0 Å². The van der Waals surface area contributed by atoms with E-state index in [0.717, 1.165) is 18.3 Å². The zero-order valence-electron chi connectivity index (χ0n) is 20.5. The quantitative estimate of drug-likeness (QED) is 0.277. The summed E-state index contributed by atoms with van der Waals surface area (Å²) < 4.78 is 0. The van der Waals surface area contributed by atoms with Crippen LogP contribution in [0.1, 0.15) is 93.0 Å². The van der Waals surface area contributed by atoms with Crippen LogP contribution in [0.5, 0.6) is 0 Å². The first-order valence-electron chi connectivity index (χ1n) is 13.1. The molecule has 1 saturated carbocycles. The first-order valence-corrected chi connectivity index (χ1v) is 13.1. The minimum Gasteiger partial charge on any atom is -0.0986 e. The summed E-state index contributed by atoms with van der Waals surface area (Å²) in [7, 11) is 0. The number of fused-ring (bicyclic) bond motifs is 2. The van der Waals surface area contributed by atoms with Crippen molar-refractivity contribution in [3.8, 4) is 0 Å². The number of rotatable bonds is 9. The molecule has 2 aromatic rings. The van der Waals surface area contributed by atoms with Crippen LogP contribution in [0, 0.1) is 11.8 Å². The Morgan fingerprint density at radius 1 is 1.09 bits per heavy atom. The van der Waals surface area contributed by atoms with E-state index in [1.165, 1.54) is 92.0 Å². The van der Waals surface area contributed by atoms with Crippen LogP contribution < -0.4 is 0 Å². The minimum absolute atomic E-state index is 0.261. The van der Waals surface area contributed by atoms with Crippen LogP contribution in [-0.4, -0.2) is 0 Å². The van der Waals surface area contributed by atoms with E-state index in [-0.39, 0.29) is 5.41 Å². The van der Waals surface area contributed by atoms with E-state index in [1.807, 2.05) is 0 Å². The fourth-order valence-electron chi connectivity index (χ4n) is 6.43. The first-order chi connectivity index (χ1) is 15.6. The molecule has 1 spiro atoms. The largest absolute Gasteiger partial charge is 0.0986 e. The van der Waals surface area contributed by atoms with Crippen molar-refractivity contribution in [1.82, 2.24) is 0 Å². The van der Waals surface area contributed by atoms with Gasteiger partial charge in [-0.15, -0.1) is 0 Å². The van der Waals surface area contributed by atoms with Gasteiger partial charge < -0.3 is 0 Å². The van der Waals surface area contributed by atoms with Crippen LogP contribution in [0.25, 0.3) is 6.08 Å². The van der Waals surface area contributed by atoms with Gasteiger partial charge in [-0.3, -0.25) is 0 Å². The third kappa shape index (κ3) is 4.80. The van der Waals surface area contributed by atoms with E-state index < -0.39 is 0 Å². The second-order valence-electron chi connectivity index (χ2n) is 10.7. The lowest BCUT2D eigenvalue weighted by atomic mass is 9.65. The molecule has 1 atom stereocenters. The van der Waals surface area contributed by atoms with Gasteiger partial charge in [0.1, 0.15) is 0 Å². The smallest absolute Gasteiger partial charge is 0.0165 e. The molecule has 170 valence electrons. The minimum atomic E-state index is 0.261. The summed E-state index contributed by atoms with van der Waals surface area (Å²) in [5.74, 6) is 1.54. The van der Waals surface area contributed by atoms with Crippen molar-refractivity contribution in [2.75, 3.05) is 0 Å². The van der Waals surface area contributed by atoms with Crippen LogP contribution in [0.2, 0.25) is 0 Å². The highest BCUT2D eigenvalue weighted by molar-refractivity contribution is 5.54. The predicted molar refractivity (Wildman–Crippen MR) is 140 cm³/mol. The van der Waals surface area contributed by atoms with Gasteiger partial charge in [-0.2, -0.15) is 0 Å². The number of benzene rings is 2. The molecule has 2 aliphatic carbocycles. The van der Waals surface area contributed by atoms with Crippen LogP contribution in [-0.2, 0) is 24.7 Å². The maximum Gasteiger partial charge on any atom is 0.0165 e. The molecule has 0 bridgehead atoms. The molecule has 0 nitrogen and oxygen atoms in total. The average molecular weight is 427 g/mol. The van der Waals surface area contributed by atoms with Gasteiger partial charge in [0.2, 0.25) is 0 Å². The Morgan fingerprint density at radius 3 is 2.62 bits per heavy atom. The summed E-state index contributed by atoms with van der Waals surface area (Å²) in [4.78, 5) is 0. The Morgan fingerprint density at radius 2 is 1.88 bits per heavy atom. The molecule has 4 rings (SSSR count). The summed E-state index contributed by atoms with van der Waals surface area (Å²) in [5, 5.41) is 0. The Balaban J connectivity index is 1.37. The number of allylic oxidation sites excluding steroid dienone is 1. The monoisotopic (exact) mass is 426 g/mol. The van der Waals surface area contributed by atoms with Crippen LogP contribution in [0.15, 0.2) is 61.2 Å². The fourth-order valence-corrected chi connectivity index (χ4v) is 6.43. The molecule has 0 radical (unpaired) electrons. The standard InChI is InChI=1S/C32H42/c1-5-7-8-11-24(3)20-29-15-14-27(23-28(29)6-2)22-26-16-18-32(19-17-26)25(4)21-30-12-9-10-13-31(30)32/h6,9-10,12-15,23-24,26H,2,4-5,7-8,11,16-22H2,1,3H3. The molecule has 0 heterocycles. The highest BCUT2D eigenvalue weighted by Crippen LogP contribution is 2.52. The second kappa shape index (κ2) is 10.2. The molecule has 0 saturated heterocycles. The van der Waals surface area contributed by atoms with Crippen molar-refractivity contribution in [3.05, 3.63) is 89.0 Å².